The Balaban J connectivity index is 1.73. The summed E-state index contributed by atoms with van der Waals surface area (Å²) in [5.41, 5.74) is 4.69. The number of thiophene rings is 1. The Labute approximate surface area is 141 Å². The van der Waals surface area contributed by atoms with E-state index in [2.05, 4.69) is 50.3 Å². The Bertz CT molecular complexity index is 867. The van der Waals surface area contributed by atoms with Crippen LogP contribution in [0.3, 0.4) is 0 Å². The molecule has 0 radical (unpaired) electrons. The van der Waals surface area contributed by atoms with Crippen molar-refractivity contribution in [2.75, 3.05) is 0 Å². The van der Waals surface area contributed by atoms with E-state index < -0.39 is 0 Å². The van der Waals surface area contributed by atoms with Gasteiger partial charge in [-0.3, -0.25) is 0 Å². The van der Waals surface area contributed by atoms with Crippen molar-refractivity contribution in [1.82, 2.24) is 0 Å². The molecule has 116 valence electrons. The zero-order valence-electron chi connectivity index (χ0n) is 13.4. The fourth-order valence-corrected chi connectivity index (χ4v) is 3.65. The van der Waals surface area contributed by atoms with Crippen molar-refractivity contribution < 1.29 is 5.11 Å². The number of benzene rings is 2. The summed E-state index contributed by atoms with van der Waals surface area (Å²) >= 11 is 1.86. The van der Waals surface area contributed by atoms with Gasteiger partial charge in [0.2, 0.25) is 0 Å². The molecule has 2 heteroatoms. The lowest BCUT2D eigenvalue weighted by molar-refractivity contribution is 0.282. The average molecular weight is 320 g/mol. The predicted octanol–water partition coefficient (Wildman–Crippen LogP) is 5.74. The highest BCUT2D eigenvalue weighted by Gasteiger charge is 2.04. The summed E-state index contributed by atoms with van der Waals surface area (Å²) in [5, 5.41) is 10.4. The van der Waals surface area contributed by atoms with Crippen LogP contribution in [0.1, 0.15) is 27.1 Å². The molecule has 0 saturated carbocycles. The van der Waals surface area contributed by atoms with Gasteiger partial charge in [-0.1, -0.05) is 60.7 Å². The van der Waals surface area contributed by atoms with Crippen LogP contribution in [0.2, 0.25) is 0 Å². The summed E-state index contributed by atoms with van der Waals surface area (Å²) in [4.78, 5) is 1.40. The number of allylic oxidation sites excluding steroid dienone is 2. The zero-order chi connectivity index (χ0) is 16.2. The normalized spacial score (nSPS) is 12.0. The van der Waals surface area contributed by atoms with Gasteiger partial charge in [-0.15, -0.1) is 11.3 Å². The average Bonchev–Trinajstić information content (AvgIpc) is 2.86. The van der Waals surface area contributed by atoms with Gasteiger partial charge in [-0.25, -0.2) is 0 Å². The van der Waals surface area contributed by atoms with Gasteiger partial charge in [0.1, 0.15) is 0 Å². The van der Waals surface area contributed by atoms with Crippen molar-refractivity contribution in [3.8, 4) is 0 Å². The topological polar surface area (TPSA) is 20.2 Å². The molecule has 0 aliphatic heterocycles. The predicted molar refractivity (Wildman–Crippen MR) is 102 cm³/mol. The summed E-state index contributed by atoms with van der Waals surface area (Å²) < 4.78 is 1.35. The number of aryl methyl sites for hydroxylation is 2. The molecule has 0 unspecified atom stereocenters. The third kappa shape index (κ3) is 3.61. The molecule has 1 N–H and O–H groups in total. The second kappa shape index (κ2) is 6.95. The van der Waals surface area contributed by atoms with Crippen molar-refractivity contribution in [3.05, 3.63) is 81.7 Å². The molecule has 1 aromatic heterocycles. The van der Waals surface area contributed by atoms with Crippen LogP contribution in [0.25, 0.3) is 22.2 Å². The summed E-state index contributed by atoms with van der Waals surface area (Å²) in [6, 6.07) is 14.5. The minimum absolute atomic E-state index is 0.0913. The summed E-state index contributed by atoms with van der Waals surface area (Å²) in [5.74, 6) is 0. The number of hydrogen-bond donors (Lipinski definition) is 1. The first kappa shape index (κ1) is 15.7. The molecule has 0 aliphatic rings. The lowest BCUT2D eigenvalue weighted by atomic mass is 10.1. The summed E-state index contributed by atoms with van der Waals surface area (Å²) in [6.45, 7) is 4.46. The molecule has 0 saturated heterocycles. The molecule has 0 atom stereocenters. The first-order chi connectivity index (χ1) is 11.2. The van der Waals surface area contributed by atoms with E-state index in [1.807, 2.05) is 41.7 Å². The van der Waals surface area contributed by atoms with E-state index in [9.17, 15) is 0 Å². The van der Waals surface area contributed by atoms with Crippen molar-refractivity contribution in [2.24, 2.45) is 0 Å². The molecule has 0 aliphatic carbocycles. The Hall–Kier alpha value is -2.16. The molecule has 1 nitrogen and oxygen atoms in total. The maximum atomic E-state index is 9.03. The van der Waals surface area contributed by atoms with Crippen LogP contribution in [-0.4, -0.2) is 5.11 Å². The lowest BCUT2D eigenvalue weighted by Gasteiger charge is -1.96. The van der Waals surface area contributed by atoms with Gasteiger partial charge in [-0.2, -0.15) is 0 Å². The minimum atomic E-state index is 0.0913. The molecule has 0 amide bonds. The fraction of sp³-hybridized carbons (Fsp3) is 0.143. The van der Waals surface area contributed by atoms with E-state index in [0.717, 1.165) is 11.1 Å². The smallest absolute Gasteiger partial charge is 0.0681 e. The molecule has 0 bridgehead atoms. The molecular weight excluding hydrogens is 300 g/mol. The van der Waals surface area contributed by atoms with E-state index in [1.165, 1.54) is 26.1 Å². The minimum Gasteiger partial charge on any atom is -0.392 e. The van der Waals surface area contributed by atoms with Gasteiger partial charge in [0.15, 0.2) is 0 Å². The van der Waals surface area contributed by atoms with Crippen molar-refractivity contribution in [2.45, 2.75) is 20.5 Å². The number of aliphatic hydroxyl groups is 1. The van der Waals surface area contributed by atoms with Gasteiger partial charge in [-0.05, 0) is 47.6 Å². The number of aliphatic hydroxyl groups excluding tert-OH is 1. The maximum Gasteiger partial charge on any atom is 0.0681 e. The van der Waals surface area contributed by atoms with E-state index in [1.54, 1.807) is 0 Å². The van der Waals surface area contributed by atoms with Crippen LogP contribution >= 0.6 is 11.3 Å². The Morgan fingerprint density at radius 2 is 1.57 bits per heavy atom. The van der Waals surface area contributed by atoms with Gasteiger partial charge in [0.05, 0.1) is 6.61 Å². The second-order valence-electron chi connectivity index (χ2n) is 5.66. The highest BCUT2D eigenvalue weighted by Crippen LogP contribution is 2.30. The summed E-state index contributed by atoms with van der Waals surface area (Å²) in [7, 11) is 0. The van der Waals surface area contributed by atoms with Crippen molar-refractivity contribution in [1.29, 1.82) is 0 Å². The number of fused-ring (bicyclic) bond motifs is 1. The SMILES string of the molecule is Cc1sc2cc(/C=C/C=C/c3ccc(CO)cc3)ccc2c1C. The maximum absolute atomic E-state index is 9.03. The fourth-order valence-electron chi connectivity index (χ4n) is 2.54. The van der Waals surface area contributed by atoms with Crippen LogP contribution in [0.15, 0.2) is 54.6 Å². The van der Waals surface area contributed by atoms with Crippen molar-refractivity contribution in [3.63, 3.8) is 0 Å². The molecule has 0 fully saturated rings. The van der Waals surface area contributed by atoms with E-state index in [-0.39, 0.29) is 6.61 Å². The molecule has 0 spiro atoms. The molecule has 23 heavy (non-hydrogen) atoms. The molecule has 1 heterocycles. The lowest BCUT2D eigenvalue weighted by Crippen LogP contribution is -1.81. The highest BCUT2D eigenvalue weighted by molar-refractivity contribution is 7.19. The van der Waals surface area contributed by atoms with Crippen LogP contribution in [-0.2, 0) is 6.61 Å². The zero-order valence-corrected chi connectivity index (χ0v) is 14.2. The largest absolute Gasteiger partial charge is 0.392 e. The first-order valence-corrected chi connectivity index (χ1v) is 8.53. The van der Waals surface area contributed by atoms with Gasteiger partial charge in [0, 0.05) is 9.58 Å². The Morgan fingerprint density at radius 3 is 2.26 bits per heavy atom. The summed E-state index contributed by atoms with van der Waals surface area (Å²) in [6.07, 6.45) is 8.30. The standard InChI is InChI=1S/C21H20OS/c1-15-16(2)23-21-13-18(11-12-20(15)21)6-4-3-5-17-7-9-19(14-22)10-8-17/h3-13,22H,14H2,1-2H3/b5-3+,6-4+. The Morgan fingerprint density at radius 1 is 0.913 bits per heavy atom. The number of hydrogen-bond acceptors (Lipinski definition) is 2. The van der Waals surface area contributed by atoms with Crippen molar-refractivity contribution >= 4 is 33.6 Å². The highest BCUT2D eigenvalue weighted by atomic mass is 32.1. The molecule has 3 aromatic rings. The molecular formula is C21H20OS. The molecule has 2 aromatic carbocycles. The quantitative estimate of drug-likeness (QED) is 0.608. The van der Waals surface area contributed by atoms with Gasteiger partial charge < -0.3 is 5.11 Å². The third-order valence-electron chi connectivity index (χ3n) is 4.05. The van der Waals surface area contributed by atoms with Crippen LogP contribution < -0.4 is 0 Å². The first-order valence-electron chi connectivity index (χ1n) is 7.71. The van der Waals surface area contributed by atoms with Gasteiger partial charge in [0.25, 0.3) is 0 Å². The number of rotatable bonds is 4. The van der Waals surface area contributed by atoms with Crippen LogP contribution in [0, 0.1) is 13.8 Å². The van der Waals surface area contributed by atoms with Gasteiger partial charge >= 0.3 is 0 Å². The van der Waals surface area contributed by atoms with Crippen LogP contribution in [0.5, 0.6) is 0 Å². The second-order valence-corrected chi connectivity index (χ2v) is 6.91. The van der Waals surface area contributed by atoms with E-state index >= 15 is 0 Å². The Kier molecular flexibility index (Phi) is 4.75. The van der Waals surface area contributed by atoms with Crippen LogP contribution in [0.4, 0.5) is 0 Å². The van der Waals surface area contributed by atoms with E-state index in [0.29, 0.717) is 0 Å². The monoisotopic (exact) mass is 320 g/mol. The van der Waals surface area contributed by atoms with E-state index in [4.69, 9.17) is 5.11 Å². The molecule has 3 rings (SSSR count). The third-order valence-corrected chi connectivity index (χ3v) is 5.22.